The zero-order valence-corrected chi connectivity index (χ0v) is 10.1. The number of thioether (sulfide) groups is 1. The molecule has 0 saturated carbocycles. The number of halogens is 2. The van der Waals surface area contributed by atoms with Gasteiger partial charge in [-0.2, -0.15) is 0 Å². The van der Waals surface area contributed by atoms with Gasteiger partial charge in [0.2, 0.25) is 0 Å². The van der Waals surface area contributed by atoms with Crippen molar-refractivity contribution in [2.45, 2.75) is 4.90 Å². The molecule has 92 valence electrons. The van der Waals surface area contributed by atoms with Crippen LogP contribution in [0.5, 0.6) is 0 Å². The van der Waals surface area contributed by atoms with Crippen LogP contribution in [-0.4, -0.2) is 16.5 Å². The first-order valence-electron chi connectivity index (χ1n) is 5.18. The standard InChI is InChI=1S/C13H9F2NOS/c14-10-5-9(6-16-7-10)12(17)8-18-13-4-2-1-3-11(13)15/h1-7H,8H2. The molecule has 0 aliphatic rings. The number of ketones is 1. The Balaban J connectivity index is 2.03. The van der Waals surface area contributed by atoms with Crippen molar-refractivity contribution in [3.8, 4) is 0 Å². The highest BCUT2D eigenvalue weighted by molar-refractivity contribution is 8.00. The molecule has 1 aromatic heterocycles. The van der Waals surface area contributed by atoms with Crippen LogP contribution in [0.2, 0.25) is 0 Å². The van der Waals surface area contributed by atoms with E-state index in [2.05, 4.69) is 4.98 Å². The number of carbonyl (C=O) groups is 1. The van der Waals surface area contributed by atoms with Crippen molar-refractivity contribution in [1.82, 2.24) is 4.98 Å². The number of hydrogen-bond donors (Lipinski definition) is 0. The molecule has 18 heavy (non-hydrogen) atoms. The maximum absolute atomic E-state index is 13.3. The second kappa shape index (κ2) is 5.73. The second-order valence-electron chi connectivity index (χ2n) is 3.53. The van der Waals surface area contributed by atoms with Crippen LogP contribution in [0, 0.1) is 11.6 Å². The summed E-state index contributed by atoms with van der Waals surface area (Å²) in [4.78, 5) is 15.7. The summed E-state index contributed by atoms with van der Waals surface area (Å²) >= 11 is 1.08. The van der Waals surface area contributed by atoms with E-state index >= 15 is 0 Å². The van der Waals surface area contributed by atoms with Crippen LogP contribution in [0.1, 0.15) is 10.4 Å². The van der Waals surface area contributed by atoms with Gasteiger partial charge in [-0.15, -0.1) is 11.8 Å². The lowest BCUT2D eigenvalue weighted by Crippen LogP contribution is -2.03. The lowest BCUT2D eigenvalue weighted by Gasteiger charge is -2.02. The first-order valence-corrected chi connectivity index (χ1v) is 6.16. The van der Waals surface area contributed by atoms with E-state index in [0.717, 1.165) is 24.0 Å². The maximum atomic E-state index is 13.3. The minimum Gasteiger partial charge on any atom is -0.293 e. The smallest absolute Gasteiger partial charge is 0.174 e. The zero-order valence-electron chi connectivity index (χ0n) is 9.27. The van der Waals surface area contributed by atoms with Crippen LogP contribution in [0.15, 0.2) is 47.6 Å². The SMILES string of the molecule is O=C(CSc1ccccc1F)c1cncc(F)c1. The number of benzene rings is 1. The Labute approximate surface area is 107 Å². The van der Waals surface area contributed by atoms with E-state index in [1.807, 2.05) is 0 Å². The Kier molecular flexibility index (Phi) is 4.04. The van der Waals surface area contributed by atoms with Crippen molar-refractivity contribution >= 4 is 17.5 Å². The van der Waals surface area contributed by atoms with Crippen molar-refractivity contribution in [1.29, 1.82) is 0 Å². The molecule has 1 heterocycles. The van der Waals surface area contributed by atoms with Gasteiger partial charge in [-0.1, -0.05) is 12.1 Å². The van der Waals surface area contributed by atoms with E-state index < -0.39 is 5.82 Å². The molecule has 0 aliphatic heterocycles. The molecule has 2 aromatic rings. The molecule has 5 heteroatoms. The number of aromatic nitrogens is 1. The minimum absolute atomic E-state index is 0.0477. The molecular formula is C13H9F2NOS. The fourth-order valence-electron chi connectivity index (χ4n) is 1.35. The summed E-state index contributed by atoms with van der Waals surface area (Å²) in [6, 6.07) is 7.32. The third-order valence-electron chi connectivity index (χ3n) is 2.22. The Morgan fingerprint density at radius 1 is 1.22 bits per heavy atom. The van der Waals surface area contributed by atoms with Gasteiger partial charge in [0.25, 0.3) is 0 Å². The molecule has 0 atom stereocenters. The number of pyridine rings is 1. The predicted octanol–water partition coefficient (Wildman–Crippen LogP) is 3.33. The molecule has 0 unspecified atom stereocenters. The molecule has 0 fully saturated rings. The van der Waals surface area contributed by atoms with Gasteiger partial charge in [0, 0.05) is 16.7 Å². The van der Waals surface area contributed by atoms with Gasteiger partial charge < -0.3 is 0 Å². The van der Waals surface area contributed by atoms with Gasteiger partial charge in [0.05, 0.1) is 11.9 Å². The number of Topliss-reactive ketones (excluding diaryl/α,β-unsaturated/α-hetero) is 1. The van der Waals surface area contributed by atoms with E-state index in [9.17, 15) is 13.6 Å². The molecule has 0 aliphatic carbocycles. The second-order valence-corrected chi connectivity index (χ2v) is 4.55. The van der Waals surface area contributed by atoms with Crippen LogP contribution in [0.25, 0.3) is 0 Å². The fourth-order valence-corrected chi connectivity index (χ4v) is 2.19. The minimum atomic E-state index is -0.559. The van der Waals surface area contributed by atoms with Crippen molar-refractivity contribution in [2.75, 3.05) is 5.75 Å². The van der Waals surface area contributed by atoms with E-state index in [-0.39, 0.29) is 22.9 Å². The highest BCUT2D eigenvalue weighted by atomic mass is 32.2. The number of nitrogens with zero attached hydrogens (tertiary/aromatic N) is 1. The monoisotopic (exact) mass is 265 g/mol. The van der Waals surface area contributed by atoms with Crippen LogP contribution in [0.4, 0.5) is 8.78 Å². The quantitative estimate of drug-likeness (QED) is 0.627. The van der Waals surface area contributed by atoms with E-state index in [0.29, 0.717) is 4.90 Å². The van der Waals surface area contributed by atoms with Crippen molar-refractivity contribution < 1.29 is 13.6 Å². The van der Waals surface area contributed by atoms with Crippen LogP contribution in [0.3, 0.4) is 0 Å². The van der Waals surface area contributed by atoms with Gasteiger partial charge in [-0.25, -0.2) is 8.78 Å². The molecule has 2 rings (SSSR count). The molecule has 0 bridgehead atoms. The Morgan fingerprint density at radius 3 is 2.72 bits per heavy atom. The van der Waals surface area contributed by atoms with Crippen LogP contribution >= 0.6 is 11.8 Å². The highest BCUT2D eigenvalue weighted by Crippen LogP contribution is 2.22. The van der Waals surface area contributed by atoms with Crippen LogP contribution in [-0.2, 0) is 0 Å². The lowest BCUT2D eigenvalue weighted by atomic mass is 10.2. The van der Waals surface area contributed by atoms with Crippen molar-refractivity contribution in [3.63, 3.8) is 0 Å². The number of hydrogen-bond acceptors (Lipinski definition) is 3. The summed E-state index contributed by atoms with van der Waals surface area (Å²) in [6.07, 6.45) is 2.33. The largest absolute Gasteiger partial charge is 0.293 e. The van der Waals surface area contributed by atoms with Gasteiger partial charge >= 0.3 is 0 Å². The fraction of sp³-hybridized carbons (Fsp3) is 0.0769. The summed E-state index contributed by atoms with van der Waals surface area (Å²) in [6.45, 7) is 0. The van der Waals surface area contributed by atoms with E-state index in [1.165, 1.54) is 12.3 Å². The normalized spacial score (nSPS) is 10.3. The summed E-state index contributed by atoms with van der Waals surface area (Å²) in [5.74, 6) is -1.16. The highest BCUT2D eigenvalue weighted by Gasteiger charge is 2.09. The molecule has 0 amide bonds. The third kappa shape index (κ3) is 3.13. The molecule has 0 N–H and O–H groups in total. The Hall–Kier alpha value is -1.75. The number of carbonyl (C=O) groups excluding carboxylic acids is 1. The first-order chi connectivity index (χ1) is 8.66. The molecule has 1 aromatic carbocycles. The average Bonchev–Trinajstić information content (AvgIpc) is 2.37. The molecule has 0 spiro atoms. The lowest BCUT2D eigenvalue weighted by molar-refractivity contribution is 0.102. The van der Waals surface area contributed by atoms with Crippen molar-refractivity contribution in [3.05, 3.63) is 59.9 Å². The topological polar surface area (TPSA) is 30.0 Å². The maximum Gasteiger partial charge on any atom is 0.174 e. The molecule has 0 radical (unpaired) electrons. The number of rotatable bonds is 4. The Morgan fingerprint density at radius 2 is 2.00 bits per heavy atom. The predicted molar refractivity (Wildman–Crippen MR) is 65.6 cm³/mol. The Bertz CT molecular complexity index is 574. The van der Waals surface area contributed by atoms with Gasteiger partial charge in [-0.3, -0.25) is 9.78 Å². The van der Waals surface area contributed by atoms with Gasteiger partial charge in [0.1, 0.15) is 11.6 Å². The molecular weight excluding hydrogens is 256 g/mol. The average molecular weight is 265 g/mol. The molecule has 2 nitrogen and oxygen atoms in total. The summed E-state index contributed by atoms with van der Waals surface area (Å²) < 4.78 is 26.2. The van der Waals surface area contributed by atoms with E-state index in [1.54, 1.807) is 18.2 Å². The van der Waals surface area contributed by atoms with Gasteiger partial charge in [0.15, 0.2) is 5.78 Å². The summed E-state index contributed by atoms with van der Waals surface area (Å²) in [5.41, 5.74) is 0.193. The first kappa shape index (κ1) is 12.7. The van der Waals surface area contributed by atoms with Crippen LogP contribution < -0.4 is 0 Å². The van der Waals surface area contributed by atoms with E-state index in [4.69, 9.17) is 0 Å². The third-order valence-corrected chi connectivity index (χ3v) is 3.27. The summed E-state index contributed by atoms with van der Waals surface area (Å²) in [5, 5.41) is 0. The summed E-state index contributed by atoms with van der Waals surface area (Å²) in [7, 11) is 0. The van der Waals surface area contributed by atoms with Gasteiger partial charge in [-0.05, 0) is 18.2 Å². The van der Waals surface area contributed by atoms with Crippen molar-refractivity contribution in [2.24, 2.45) is 0 Å². The zero-order chi connectivity index (χ0) is 13.0. The molecule has 0 saturated heterocycles.